The number of likely N-dealkylation sites (tertiary alicyclic amines) is 1. The third kappa shape index (κ3) is 4.03. The van der Waals surface area contributed by atoms with Crippen molar-refractivity contribution in [3.63, 3.8) is 0 Å². The predicted molar refractivity (Wildman–Crippen MR) is 90.3 cm³/mol. The van der Waals surface area contributed by atoms with Gasteiger partial charge in [-0.3, -0.25) is 4.90 Å². The number of rotatable bonds is 4. The van der Waals surface area contributed by atoms with Crippen LogP contribution in [0.5, 0.6) is 0 Å². The highest BCUT2D eigenvalue weighted by atomic mass is 32.2. The Morgan fingerprint density at radius 1 is 1.19 bits per heavy atom. The molecule has 2 heterocycles. The molecule has 2 aliphatic rings. The molecule has 1 aromatic rings. The lowest BCUT2D eigenvalue weighted by atomic mass is 9.89. The van der Waals surface area contributed by atoms with Crippen LogP contribution in [0.2, 0.25) is 0 Å². The summed E-state index contributed by atoms with van der Waals surface area (Å²) >= 11 is 0. The monoisotopic (exact) mass is 390 g/mol. The third-order valence-electron chi connectivity index (χ3n) is 4.94. The van der Waals surface area contributed by atoms with Crippen LogP contribution in [0.4, 0.5) is 13.2 Å². The van der Waals surface area contributed by atoms with Crippen molar-refractivity contribution in [3.05, 3.63) is 29.8 Å². The molecule has 144 valence electrons. The van der Waals surface area contributed by atoms with Crippen LogP contribution in [0.3, 0.4) is 0 Å². The second kappa shape index (κ2) is 7.19. The minimum absolute atomic E-state index is 0.156. The summed E-state index contributed by atoms with van der Waals surface area (Å²) in [7, 11) is -5.29. The number of alkyl halides is 3. The van der Waals surface area contributed by atoms with Crippen molar-refractivity contribution in [2.75, 3.05) is 13.1 Å². The Labute approximate surface area is 150 Å². The number of oxime groups is 1. The van der Waals surface area contributed by atoms with E-state index in [9.17, 15) is 21.6 Å². The Hall–Kier alpha value is -1.61. The highest BCUT2D eigenvalue weighted by Gasteiger charge is 2.46. The number of hydrogen-bond donors (Lipinski definition) is 0. The van der Waals surface area contributed by atoms with Crippen LogP contribution in [-0.4, -0.2) is 43.7 Å². The van der Waals surface area contributed by atoms with E-state index in [0.29, 0.717) is 12.5 Å². The Balaban J connectivity index is 1.54. The topological polar surface area (TPSA) is 59.0 Å². The van der Waals surface area contributed by atoms with Crippen LogP contribution >= 0.6 is 0 Å². The fourth-order valence-corrected chi connectivity index (χ4v) is 4.19. The van der Waals surface area contributed by atoms with Gasteiger partial charge in [-0.15, -0.1) is 0 Å². The molecule has 0 aliphatic carbocycles. The molecular formula is C17H21F3N2O3S. The normalized spacial score (nSPS) is 22.9. The highest BCUT2D eigenvalue weighted by Crippen LogP contribution is 2.31. The average molecular weight is 390 g/mol. The first kappa shape index (κ1) is 19.2. The van der Waals surface area contributed by atoms with Crippen molar-refractivity contribution in [1.29, 1.82) is 0 Å². The number of hydrogen-bond acceptors (Lipinski definition) is 5. The molecule has 0 aromatic heterocycles. The molecule has 0 unspecified atom stereocenters. The second-order valence-corrected chi connectivity index (χ2v) is 8.82. The molecule has 0 radical (unpaired) electrons. The van der Waals surface area contributed by atoms with Crippen molar-refractivity contribution in [3.8, 4) is 0 Å². The lowest BCUT2D eigenvalue weighted by Crippen LogP contribution is -2.37. The summed E-state index contributed by atoms with van der Waals surface area (Å²) in [4.78, 5) is 6.94. The summed E-state index contributed by atoms with van der Waals surface area (Å²) < 4.78 is 60.5. The number of nitrogens with zero attached hydrogens (tertiary/aromatic N) is 2. The molecule has 1 aromatic carbocycles. The zero-order valence-electron chi connectivity index (χ0n) is 14.4. The van der Waals surface area contributed by atoms with E-state index < -0.39 is 20.2 Å². The van der Waals surface area contributed by atoms with Gasteiger partial charge in [0.1, 0.15) is 6.10 Å². The van der Waals surface area contributed by atoms with Gasteiger partial charge < -0.3 is 4.84 Å². The molecule has 0 amide bonds. The molecular weight excluding hydrogens is 369 g/mol. The van der Waals surface area contributed by atoms with Gasteiger partial charge in [-0.2, -0.15) is 13.2 Å². The SMILES string of the molecule is CC1=NO[C@@H](C2CCN(Cc3ccc(S(=O)(=O)C(F)(F)F)cc3)CC2)C1. The lowest BCUT2D eigenvalue weighted by molar-refractivity contribution is -0.0436. The second-order valence-electron chi connectivity index (χ2n) is 6.88. The van der Waals surface area contributed by atoms with Gasteiger partial charge >= 0.3 is 5.51 Å². The van der Waals surface area contributed by atoms with Gasteiger partial charge in [-0.05, 0) is 50.6 Å². The van der Waals surface area contributed by atoms with Crippen LogP contribution in [0, 0.1) is 5.92 Å². The highest BCUT2D eigenvalue weighted by molar-refractivity contribution is 7.92. The standard InChI is InChI=1S/C17H21F3N2O3S/c1-12-10-16(25-21-12)14-6-8-22(9-7-14)11-13-2-4-15(5-3-13)26(23,24)17(18,19)20/h2-5,14,16H,6-11H2,1H3/t16-/m1/s1. The van der Waals surface area contributed by atoms with Crippen molar-refractivity contribution < 1.29 is 26.4 Å². The molecule has 2 aliphatic heterocycles. The first-order valence-electron chi connectivity index (χ1n) is 8.49. The predicted octanol–water partition coefficient (Wildman–Crippen LogP) is 3.36. The Morgan fingerprint density at radius 2 is 1.81 bits per heavy atom. The van der Waals surface area contributed by atoms with E-state index in [2.05, 4.69) is 10.1 Å². The summed E-state index contributed by atoms with van der Waals surface area (Å²) in [5.41, 5.74) is -3.46. The minimum atomic E-state index is -5.29. The van der Waals surface area contributed by atoms with Crippen LogP contribution in [0.15, 0.2) is 34.3 Å². The van der Waals surface area contributed by atoms with Crippen LogP contribution < -0.4 is 0 Å². The number of benzene rings is 1. The third-order valence-corrected chi connectivity index (χ3v) is 6.45. The number of halogens is 3. The Bertz CT molecular complexity index is 767. The van der Waals surface area contributed by atoms with E-state index >= 15 is 0 Å². The van der Waals surface area contributed by atoms with Gasteiger partial charge in [0.05, 0.1) is 10.6 Å². The molecule has 5 nitrogen and oxygen atoms in total. The van der Waals surface area contributed by atoms with Gasteiger partial charge in [0.15, 0.2) is 0 Å². The minimum Gasteiger partial charge on any atom is -0.392 e. The van der Waals surface area contributed by atoms with Gasteiger partial charge in [-0.25, -0.2) is 8.42 Å². The van der Waals surface area contributed by atoms with E-state index in [-0.39, 0.29) is 6.10 Å². The maximum absolute atomic E-state index is 12.6. The van der Waals surface area contributed by atoms with Crippen LogP contribution in [-0.2, 0) is 21.2 Å². The summed E-state index contributed by atoms with van der Waals surface area (Å²) in [6, 6.07) is 4.94. The Kier molecular flexibility index (Phi) is 5.30. The van der Waals surface area contributed by atoms with Crippen molar-refractivity contribution in [2.45, 2.75) is 49.2 Å². The zero-order valence-corrected chi connectivity index (χ0v) is 15.2. The summed E-state index contributed by atoms with van der Waals surface area (Å²) in [5.74, 6) is 0.465. The molecule has 0 bridgehead atoms. The molecule has 1 fully saturated rings. The Morgan fingerprint density at radius 3 is 2.31 bits per heavy atom. The first-order chi connectivity index (χ1) is 12.2. The summed E-state index contributed by atoms with van der Waals surface area (Å²) in [5, 5.41) is 4.00. The quantitative estimate of drug-likeness (QED) is 0.791. The van der Waals surface area contributed by atoms with Gasteiger partial charge in [0, 0.05) is 18.9 Å². The number of sulfone groups is 1. The van der Waals surface area contributed by atoms with Crippen LogP contribution in [0.1, 0.15) is 31.7 Å². The van der Waals surface area contributed by atoms with E-state index in [4.69, 9.17) is 4.84 Å². The van der Waals surface area contributed by atoms with Crippen molar-refractivity contribution in [1.82, 2.24) is 4.90 Å². The fourth-order valence-electron chi connectivity index (χ4n) is 3.42. The molecule has 0 saturated carbocycles. The smallest absolute Gasteiger partial charge is 0.392 e. The molecule has 26 heavy (non-hydrogen) atoms. The van der Waals surface area contributed by atoms with E-state index in [1.165, 1.54) is 12.1 Å². The lowest BCUT2D eigenvalue weighted by Gasteiger charge is -2.33. The number of piperidine rings is 1. The molecule has 9 heteroatoms. The largest absolute Gasteiger partial charge is 0.501 e. The molecule has 0 spiro atoms. The average Bonchev–Trinajstić information content (AvgIpc) is 3.01. The maximum atomic E-state index is 12.6. The fraction of sp³-hybridized carbons (Fsp3) is 0.588. The molecule has 1 atom stereocenters. The van der Waals surface area contributed by atoms with Gasteiger partial charge in [0.25, 0.3) is 9.84 Å². The maximum Gasteiger partial charge on any atom is 0.501 e. The molecule has 0 N–H and O–H groups in total. The molecule has 3 rings (SSSR count). The summed E-state index contributed by atoms with van der Waals surface area (Å²) in [6.45, 7) is 4.27. The summed E-state index contributed by atoms with van der Waals surface area (Å²) in [6.07, 6.45) is 2.99. The zero-order chi connectivity index (χ0) is 18.9. The van der Waals surface area contributed by atoms with Gasteiger partial charge in [-0.1, -0.05) is 17.3 Å². The van der Waals surface area contributed by atoms with E-state index in [1.54, 1.807) is 0 Å². The van der Waals surface area contributed by atoms with E-state index in [1.807, 2.05) is 6.92 Å². The van der Waals surface area contributed by atoms with Crippen molar-refractivity contribution in [2.24, 2.45) is 11.1 Å². The first-order valence-corrected chi connectivity index (χ1v) is 9.97. The van der Waals surface area contributed by atoms with Gasteiger partial charge in [0.2, 0.25) is 0 Å². The van der Waals surface area contributed by atoms with Crippen LogP contribution in [0.25, 0.3) is 0 Å². The van der Waals surface area contributed by atoms with E-state index in [0.717, 1.165) is 55.8 Å². The molecule has 1 saturated heterocycles. The van der Waals surface area contributed by atoms with Crippen molar-refractivity contribution >= 4 is 15.5 Å².